The van der Waals surface area contributed by atoms with Gasteiger partial charge in [0.2, 0.25) is 0 Å². The van der Waals surface area contributed by atoms with Crippen LogP contribution in [0, 0.1) is 5.92 Å². The number of carboxylic acid groups (broad SMARTS) is 1. The van der Waals surface area contributed by atoms with E-state index in [9.17, 15) is 9.59 Å². The Morgan fingerprint density at radius 1 is 1.53 bits per heavy atom. The fourth-order valence-corrected chi connectivity index (χ4v) is 1.84. The van der Waals surface area contributed by atoms with Crippen LogP contribution in [0.25, 0.3) is 0 Å². The predicted molar refractivity (Wildman–Crippen MR) is 62.3 cm³/mol. The van der Waals surface area contributed by atoms with Gasteiger partial charge in [-0.3, -0.25) is 4.79 Å². The fourth-order valence-electron chi connectivity index (χ4n) is 1.84. The van der Waals surface area contributed by atoms with Gasteiger partial charge in [0.1, 0.15) is 5.82 Å². The van der Waals surface area contributed by atoms with Gasteiger partial charge in [-0.05, 0) is 25.2 Å². The van der Waals surface area contributed by atoms with Crippen molar-refractivity contribution in [1.82, 2.24) is 9.97 Å². The van der Waals surface area contributed by atoms with Crippen LogP contribution in [0.5, 0.6) is 0 Å². The molecule has 92 valence electrons. The van der Waals surface area contributed by atoms with Crippen molar-refractivity contribution in [1.29, 1.82) is 0 Å². The summed E-state index contributed by atoms with van der Waals surface area (Å²) in [7, 11) is 0. The molecule has 0 spiro atoms. The Hall–Kier alpha value is -1.65. The number of hydrogen-bond acceptors (Lipinski definition) is 3. The minimum Gasteiger partial charge on any atom is -0.476 e. The van der Waals surface area contributed by atoms with Crippen molar-refractivity contribution in [2.45, 2.75) is 39.0 Å². The second-order valence-electron chi connectivity index (χ2n) is 4.96. The Bertz CT molecular complexity index is 501. The minimum atomic E-state index is -1.12. The molecule has 1 aromatic rings. The van der Waals surface area contributed by atoms with Gasteiger partial charge in [-0.1, -0.05) is 13.8 Å². The highest BCUT2D eigenvalue weighted by molar-refractivity contribution is 5.86. The summed E-state index contributed by atoms with van der Waals surface area (Å²) < 4.78 is 0. The van der Waals surface area contributed by atoms with Gasteiger partial charge >= 0.3 is 5.97 Å². The lowest BCUT2D eigenvalue weighted by Gasteiger charge is -2.08. The average Bonchev–Trinajstić information content (AvgIpc) is 3.03. The largest absolute Gasteiger partial charge is 0.476 e. The number of aromatic carboxylic acids is 1. The first kappa shape index (κ1) is 11.8. The van der Waals surface area contributed by atoms with E-state index < -0.39 is 5.97 Å². The summed E-state index contributed by atoms with van der Waals surface area (Å²) in [5.74, 6) is -0.120. The third-order valence-electron chi connectivity index (χ3n) is 2.81. The van der Waals surface area contributed by atoms with Gasteiger partial charge in [0.25, 0.3) is 5.56 Å². The highest BCUT2D eigenvalue weighted by Crippen LogP contribution is 2.37. The highest BCUT2D eigenvalue weighted by Gasteiger charge is 2.28. The second kappa shape index (κ2) is 4.31. The van der Waals surface area contributed by atoms with E-state index in [1.54, 1.807) is 0 Å². The summed E-state index contributed by atoms with van der Waals surface area (Å²) in [5.41, 5.74) is -0.0887. The molecule has 0 atom stereocenters. The molecule has 2 rings (SSSR count). The first-order chi connectivity index (χ1) is 7.99. The Morgan fingerprint density at radius 2 is 2.18 bits per heavy atom. The Kier molecular flexibility index (Phi) is 3.00. The van der Waals surface area contributed by atoms with Gasteiger partial charge in [-0.15, -0.1) is 0 Å². The maximum Gasteiger partial charge on any atom is 0.355 e. The number of H-pyrrole nitrogens is 1. The number of aromatic nitrogens is 2. The van der Waals surface area contributed by atoms with Gasteiger partial charge in [0, 0.05) is 5.92 Å². The number of aromatic amines is 1. The Labute approximate surface area is 98.9 Å². The standard InChI is InChI=1S/C12H16N2O3/c1-6(2)5-8-9(12(16)17)13-10(7-3-4-7)14-11(8)15/h6-7H,3-5H2,1-2H3,(H,16,17)(H,13,14,15). The van der Waals surface area contributed by atoms with Crippen LogP contribution in [0.3, 0.4) is 0 Å². The van der Waals surface area contributed by atoms with Gasteiger partial charge in [-0.2, -0.15) is 0 Å². The van der Waals surface area contributed by atoms with Crippen LogP contribution in [0.1, 0.15) is 54.5 Å². The summed E-state index contributed by atoms with van der Waals surface area (Å²) in [6.45, 7) is 3.89. The lowest BCUT2D eigenvalue weighted by Crippen LogP contribution is -2.24. The smallest absolute Gasteiger partial charge is 0.355 e. The van der Waals surface area contributed by atoms with E-state index in [-0.39, 0.29) is 28.7 Å². The van der Waals surface area contributed by atoms with Crippen molar-refractivity contribution in [2.75, 3.05) is 0 Å². The first-order valence-corrected chi connectivity index (χ1v) is 5.85. The zero-order valence-corrected chi connectivity index (χ0v) is 9.99. The maximum absolute atomic E-state index is 11.9. The number of rotatable bonds is 4. The molecule has 0 unspecified atom stereocenters. The molecule has 17 heavy (non-hydrogen) atoms. The Balaban J connectivity index is 2.49. The van der Waals surface area contributed by atoms with Crippen LogP contribution in [-0.2, 0) is 6.42 Å². The molecule has 0 radical (unpaired) electrons. The van der Waals surface area contributed by atoms with Gasteiger partial charge in [0.05, 0.1) is 5.56 Å². The number of carboxylic acids is 1. The first-order valence-electron chi connectivity index (χ1n) is 5.85. The average molecular weight is 236 g/mol. The molecule has 1 saturated carbocycles. The van der Waals surface area contributed by atoms with Crippen LogP contribution in [-0.4, -0.2) is 21.0 Å². The molecule has 0 saturated heterocycles. The molecule has 1 aliphatic carbocycles. The van der Waals surface area contributed by atoms with Crippen molar-refractivity contribution in [3.63, 3.8) is 0 Å². The lowest BCUT2D eigenvalue weighted by atomic mass is 10.0. The van der Waals surface area contributed by atoms with Crippen molar-refractivity contribution in [3.05, 3.63) is 27.4 Å². The van der Waals surface area contributed by atoms with Crippen molar-refractivity contribution >= 4 is 5.97 Å². The van der Waals surface area contributed by atoms with Crippen molar-refractivity contribution in [2.24, 2.45) is 5.92 Å². The molecular weight excluding hydrogens is 220 g/mol. The van der Waals surface area contributed by atoms with Crippen LogP contribution in [0.2, 0.25) is 0 Å². The van der Waals surface area contributed by atoms with Crippen LogP contribution in [0.4, 0.5) is 0 Å². The number of carbonyl (C=O) groups is 1. The maximum atomic E-state index is 11.9. The van der Waals surface area contributed by atoms with E-state index in [2.05, 4.69) is 9.97 Å². The molecule has 1 aliphatic rings. The molecule has 1 aromatic heterocycles. The molecule has 5 nitrogen and oxygen atoms in total. The summed E-state index contributed by atoms with van der Waals surface area (Å²) in [4.78, 5) is 29.8. The highest BCUT2D eigenvalue weighted by atomic mass is 16.4. The van der Waals surface area contributed by atoms with Crippen LogP contribution in [0.15, 0.2) is 4.79 Å². The summed E-state index contributed by atoms with van der Waals surface area (Å²) in [6.07, 6.45) is 2.39. The van der Waals surface area contributed by atoms with Crippen molar-refractivity contribution in [3.8, 4) is 0 Å². The molecule has 0 amide bonds. The predicted octanol–water partition coefficient (Wildman–Crippen LogP) is 1.54. The molecule has 1 fully saturated rings. The third-order valence-corrected chi connectivity index (χ3v) is 2.81. The lowest BCUT2D eigenvalue weighted by molar-refractivity contribution is 0.0688. The fraction of sp³-hybridized carbons (Fsp3) is 0.583. The number of hydrogen-bond donors (Lipinski definition) is 2. The molecular formula is C12H16N2O3. The van der Waals surface area contributed by atoms with E-state index in [0.29, 0.717) is 12.2 Å². The molecule has 2 N–H and O–H groups in total. The topological polar surface area (TPSA) is 83.0 Å². The van der Waals surface area contributed by atoms with E-state index in [1.807, 2.05) is 13.8 Å². The van der Waals surface area contributed by atoms with Gasteiger partial charge in [-0.25, -0.2) is 9.78 Å². The van der Waals surface area contributed by atoms with Gasteiger partial charge in [0.15, 0.2) is 5.69 Å². The summed E-state index contributed by atoms with van der Waals surface area (Å²) in [6, 6.07) is 0. The van der Waals surface area contributed by atoms with Gasteiger partial charge < -0.3 is 10.1 Å². The minimum absolute atomic E-state index is 0.0793. The summed E-state index contributed by atoms with van der Waals surface area (Å²) in [5, 5.41) is 9.11. The van der Waals surface area contributed by atoms with Crippen LogP contribution < -0.4 is 5.56 Å². The molecule has 0 aliphatic heterocycles. The molecule has 5 heteroatoms. The second-order valence-corrected chi connectivity index (χ2v) is 4.96. The van der Waals surface area contributed by atoms with E-state index in [0.717, 1.165) is 12.8 Å². The normalized spacial score (nSPS) is 15.2. The van der Waals surface area contributed by atoms with Crippen molar-refractivity contribution < 1.29 is 9.90 Å². The molecule has 0 aromatic carbocycles. The van der Waals surface area contributed by atoms with E-state index in [1.165, 1.54) is 0 Å². The van der Waals surface area contributed by atoms with E-state index in [4.69, 9.17) is 5.11 Å². The number of nitrogens with one attached hydrogen (secondary N) is 1. The monoisotopic (exact) mass is 236 g/mol. The molecule has 0 bridgehead atoms. The quantitative estimate of drug-likeness (QED) is 0.830. The SMILES string of the molecule is CC(C)Cc1c(C(=O)O)nc(C2CC2)[nH]c1=O. The zero-order chi connectivity index (χ0) is 12.6. The summed E-state index contributed by atoms with van der Waals surface area (Å²) >= 11 is 0. The Morgan fingerprint density at radius 3 is 2.65 bits per heavy atom. The third kappa shape index (κ3) is 2.54. The molecule has 1 heterocycles. The zero-order valence-electron chi connectivity index (χ0n) is 9.99. The number of nitrogens with zero attached hydrogens (tertiary/aromatic N) is 1. The van der Waals surface area contributed by atoms with E-state index >= 15 is 0 Å². The van der Waals surface area contributed by atoms with Crippen LogP contribution >= 0.6 is 0 Å².